The Balaban J connectivity index is 0.00000256. The van der Waals surface area contributed by atoms with E-state index in [1.807, 2.05) is 13.1 Å². The van der Waals surface area contributed by atoms with E-state index in [-0.39, 0.29) is 30.3 Å². The highest BCUT2D eigenvalue weighted by atomic mass is 35.5. The van der Waals surface area contributed by atoms with Crippen molar-refractivity contribution >= 4 is 18.3 Å². The first-order chi connectivity index (χ1) is 14.0. The summed E-state index contributed by atoms with van der Waals surface area (Å²) < 4.78 is 28.7. The molecule has 1 aromatic carbocycles. The number of rotatable bonds is 4. The molecule has 0 spiro atoms. The Morgan fingerprint density at radius 3 is 2.70 bits per heavy atom. The average Bonchev–Trinajstić information content (AvgIpc) is 3.16. The van der Waals surface area contributed by atoms with Gasteiger partial charge in [-0.2, -0.15) is 5.10 Å². The molecule has 0 saturated carbocycles. The maximum atomic E-state index is 13.7. The first-order valence-corrected chi connectivity index (χ1v) is 9.44. The number of pyridine rings is 1. The van der Waals surface area contributed by atoms with E-state index >= 15 is 0 Å². The molecular weight excluding hydrogens is 412 g/mol. The van der Waals surface area contributed by atoms with Gasteiger partial charge in [0.25, 0.3) is 5.91 Å². The van der Waals surface area contributed by atoms with Crippen LogP contribution in [-0.4, -0.2) is 39.8 Å². The second-order valence-electron chi connectivity index (χ2n) is 7.12. The lowest BCUT2D eigenvalue weighted by Crippen LogP contribution is -2.50. The third-order valence-corrected chi connectivity index (χ3v) is 5.28. The van der Waals surface area contributed by atoms with Gasteiger partial charge in [0, 0.05) is 37.9 Å². The van der Waals surface area contributed by atoms with Crippen LogP contribution in [0.5, 0.6) is 0 Å². The molecule has 4 rings (SSSR count). The summed E-state index contributed by atoms with van der Waals surface area (Å²) in [5.41, 5.74) is 2.69. The average molecular weight is 434 g/mol. The van der Waals surface area contributed by atoms with Gasteiger partial charge in [0.05, 0.1) is 17.0 Å². The molecule has 2 atom stereocenters. The number of nitrogens with zero attached hydrogens (tertiary/aromatic N) is 3. The number of benzene rings is 1. The van der Waals surface area contributed by atoms with Crippen molar-refractivity contribution in [1.82, 2.24) is 25.4 Å². The van der Waals surface area contributed by atoms with Crippen LogP contribution >= 0.6 is 12.4 Å². The first-order valence-electron chi connectivity index (χ1n) is 9.44. The fourth-order valence-corrected chi connectivity index (χ4v) is 3.71. The van der Waals surface area contributed by atoms with Gasteiger partial charge >= 0.3 is 0 Å². The summed E-state index contributed by atoms with van der Waals surface area (Å²) >= 11 is 0. The molecule has 158 valence electrons. The van der Waals surface area contributed by atoms with Gasteiger partial charge in [-0.05, 0) is 48.9 Å². The number of hydrogen-bond donors (Lipinski definition) is 2. The molecule has 1 aliphatic heterocycles. The number of piperidine rings is 1. The molecule has 1 amide bonds. The Labute approximate surface area is 179 Å². The van der Waals surface area contributed by atoms with Crippen LogP contribution in [0.4, 0.5) is 8.78 Å². The molecule has 2 N–H and O–H groups in total. The standard InChI is InChI=1S/C21H21F2N5O.ClH/c1-28-20(7-9-26-28)18-5-3-14(11-25-18)21(29)27-19-12-24-8-6-15(19)13-2-4-16(22)17(23)10-13;/h2-5,7,9-11,15,19,24H,6,8,12H2,1H3,(H,27,29);1H/t15-,19+;/m0./s1. The molecule has 2 aromatic heterocycles. The van der Waals surface area contributed by atoms with Gasteiger partial charge in [-0.25, -0.2) is 8.78 Å². The van der Waals surface area contributed by atoms with Gasteiger partial charge in [-0.1, -0.05) is 6.07 Å². The van der Waals surface area contributed by atoms with E-state index in [1.165, 1.54) is 12.3 Å². The Hall–Kier alpha value is -2.84. The van der Waals surface area contributed by atoms with Gasteiger partial charge in [-0.15, -0.1) is 12.4 Å². The largest absolute Gasteiger partial charge is 0.347 e. The van der Waals surface area contributed by atoms with Crippen LogP contribution in [0, 0.1) is 11.6 Å². The van der Waals surface area contributed by atoms with E-state index in [0.717, 1.165) is 24.0 Å². The fraction of sp³-hybridized carbons (Fsp3) is 0.286. The zero-order valence-electron chi connectivity index (χ0n) is 16.3. The lowest BCUT2D eigenvalue weighted by molar-refractivity contribution is 0.0924. The molecule has 0 radical (unpaired) electrons. The van der Waals surface area contributed by atoms with Crippen molar-refractivity contribution in [3.8, 4) is 11.4 Å². The summed E-state index contributed by atoms with van der Waals surface area (Å²) in [4.78, 5) is 17.1. The van der Waals surface area contributed by atoms with Gasteiger partial charge in [0.2, 0.25) is 0 Å². The monoisotopic (exact) mass is 433 g/mol. The molecule has 1 saturated heterocycles. The molecule has 0 bridgehead atoms. The van der Waals surface area contributed by atoms with Crippen molar-refractivity contribution < 1.29 is 13.6 Å². The first kappa shape index (κ1) is 21.9. The summed E-state index contributed by atoms with van der Waals surface area (Å²) in [5, 5.41) is 10.4. The number of amides is 1. The maximum Gasteiger partial charge on any atom is 0.253 e. The van der Waals surface area contributed by atoms with E-state index in [1.54, 1.807) is 29.1 Å². The SMILES string of the molecule is Cl.Cn1nccc1-c1ccc(C(=O)N[C@@H]2CNCC[C@H]2c2ccc(F)c(F)c2)cn1. The summed E-state index contributed by atoms with van der Waals surface area (Å²) in [7, 11) is 1.83. The van der Waals surface area contributed by atoms with Crippen molar-refractivity contribution in [2.24, 2.45) is 7.05 Å². The third-order valence-electron chi connectivity index (χ3n) is 5.28. The summed E-state index contributed by atoms with van der Waals surface area (Å²) in [6.07, 6.45) is 3.93. The highest BCUT2D eigenvalue weighted by molar-refractivity contribution is 5.94. The number of aryl methyl sites for hydroxylation is 1. The van der Waals surface area contributed by atoms with Crippen molar-refractivity contribution in [1.29, 1.82) is 0 Å². The minimum absolute atomic E-state index is 0. The van der Waals surface area contributed by atoms with E-state index in [2.05, 4.69) is 20.7 Å². The Bertz CT molecular complexity index is 1020. The van der Waals surface area contributed by atoms with Crippen molar-refractivity contribution in [2.45, 2.75) is 18.4 Å². The van der Waals surface area contributed by atoms with Crippen molar-refractivity contribution in [3.05, 3.63) is 71.6 Å². The molecule has 9 heteroatoms. The quantitative estimate of drug-likeness (QED) is 0.663. The minimum atomic E-state index is -0.874. The molecular formula is C21H22ClF2N5O. The molecule has 3 heterocycles. The van der Waals surface area contributed by atoms with Crippen molar-refractivity contribution in [2.75, 3.05) is 13.1 Å². The Kier molecular flexibility index (Phi) is 6.79. The number of nitrogens with one attached hydrogen (secondary N) is 2. The normalized spacial score (nSPS) is 18.5. The van der Waals surface area contributed by atoms with Crippen molar-refractivity contribution in [3.63, 3.8) is 0 Å². The van der Waals surface area contributed by atoms with E-state index in [0.29, 0.717) is 24.1 Å². The van der Waals surface area contributed by atoms with Crippen LogP contribution in [0.3, 0.4) is 0 Å². The zero-order valence-corrected chi connectivity index (χ0v) is 17.1. The van der Waals surface area contributed by atoms with Gasteiger partial charge in [0.15, 0.2) is 11.6 Å². The number of carbonyl (C=O) groups excluding carboxylic acids is 1. The molecule has 6 nitrogen and oxygen atoms in total. The lowest BCUT2D eigenvalue weighted by Gasteiger charge is -2.33. The smallest absolute Gasteiger partial charge is 0.253 e. The number of hydrogen-bond acceptors (Lipinski definition) is 4. The second-order valence-corrected chi connectivity index (χ2v) is 7.12. The number of aromatic nitrogens is 3. The van der Waals surface area contributed by atoms with E-state index in [4.69, 9.17) is 0 Å². The second kappa shape index (κ2) is 9.32. The van der Waals surface area contributed by atoms with Gasteiger partial charge in [0.1, 0.15) is 0 Å². The highest BCUT2D eigenvalue weighted by Crippen LogP contribution is 2.27. The summed E-state index contributed by atoms with van der Waals surface area (Å²) in [6.45, 7) is 1.30. The topological polar surface area (TPSA) is 71.8 Å². The molecule has 30 heavy (non-hydrogen) atoms. The van der Waals surface area contributed by atoms with Crippen LogP contribution in [0.25, 0.3) is 11.4 Å². The summed E-state index contributed by atoms with van der Waals surface area (Å²) in [6, 6.07) is 9.03. The molecule has 1 fully saturated rings. The van der Waals surface area contributed by atoms with Gasteiger partial charge in [-0.3, -0.25) is 14.5 Å². The zero-order chi connectivity index (χ0) is 20.4. The number of carbonyl (C=O) groups is 1. The summed E-state index contributed by atoms with van der Waals surface area (Å²) in [5.74, 6) is -2.10. The van der Waals surface area contributed by atoms with Gasteiger partial charge < -0.3 is 10.6 Å². The molecule has 0 unspecified atom stereocenters. The Morgan fingerprint density at radius 2 is 2.03 bits per heavy atom. The van der Waals surface area contributed by atoms with Crippen LogP contribution in [-0.2, 0) is 7.05 Å². The van der Waals surface area contributed by atoms with Crippen LogP contribution in [0.15, 0.2) is 48.8 Å². The highest BCUT2D eigenvalue weighted by Gasteiger charge is 2.28. The van der Waals surface area contributed by atoms with Crippen LogP contribution < -0.4 is 10.6 Å². The predicted molar refractivity (Wildman–Crippen MR) is 112 cm³/mol. The minimum Gasteiger partial charge on any atom is -0.347 e. The molecule has 3 aromatic rings. The van der Waals surface area contributed by atoms with E-state index in [9.17, 15) is 13.6 Å². The third kappa shape index (κ3) is 4.49. The van der Waals surface area contributed by atoms with Crippen LogP contribution in [0.2, 0.25) is 0 Å². The van der Waals surface area contributed by atoms with E-state index < -0.39 is 11.6 Å². The molecule has 0 aliphatic carbocycles. The fourth-order valence-electron chi connectivity index (χ4n) is 3.71. The Morgan fingerprint density at radius 1 is 1.20 bits per heavy atom. The lowest BCUT2D eigenvalue weighted by atomic mass is 9.86. The molecule has 1 aliphatic rings. The van der Waals surface area contributed by atoms with Crippen LogP contribution in [0.1, 0.15) is 28.3 Å². The predicted octanol–water partition coefficient (Wildman–Crippen LogP) is 3.06. The maximum absolute atomic E-state index is 13.7. The number of halogens is 3.